The molecule has 28 heavy (non-hydrogen) atoms. The number of benzene rings is 2. The molecule has 0 aliphatic heterocycles. The van der Waals surface area contributed by atoms with Crippen molar-refractivity contribution in [2.24, 2.45) is 10.7 Å². The summed E-state index contributed by atoms with van der Waals surface area (Å²) in [6.07, 6.45) is 0. The zero-order chi connectivity index (χ0) is 20.4. The van der Waals surface area contributed by atoms with Crippen LogP contribution in [-0.4, -0.2) is 44.2 Å². The highest BCUT2D eigenvalue weighted by molar-refractivity contribution is 5.92. The van der Waals surface area contributed by atoms with E-state index in [0.29, 0.717) is 24.9 Å². The molecule has 0 radical (unpaired) electrons. The summed E-state index contributed by atoms with van der Waals surface area (Å²) in [5, 5.41) is 3.10. The number of aryl methyl sites for hydroxylation is 1. The predicted molar refractivity (Wildman–Crippen MR) is 116 cm³/mol. The molecule has 6 heteroatoms. The average molecular weight is 385 g/mol. The first-order chi connectivity index (χ1) is 13.5. The average Bonchev–Trinajstić information content (AvgIpc) is 2.72. The Morgan fingerprint density at radius 2 is 1.79 bits per heavy atom. The SMILES string of the molecule is CCN(CC)CCOc1ccc(CN=C(N)Nc2ccc(C)cc2)cc1OC. The molecular weight excluding hydrogens is 352 g/mol. The number of nitrogens with two attached hydrogens (primary N) is 1. The summed E-state index contributed by atoms with van der Waals surface area (Å²) in [5.41, 5.74) is 9.11. The Labute approximate surface area is 168 Å². The molecule has 6 nitrogen and oxygen atoms in total. The molecule has 0 spiro atoms. The van der Waals surface area contributed by atoms with Gasteiger partial charge in [0.2, 0.25) is 0 Å². The normalized spacial score (nSPS) is 11.5. The van der Waals surface area contributed by atoms with Crippen molar-refractivity contribution in [3.63, 3.8) is 0 Å². The molecule has 0 heterocycles. The third kappa shape index (κ3) is 6.78. The van der Waals surface area contributed by atoms with Crippen LogP contribution in [0.3, 0.4) is 0 Å². The van der Waals surface area contributed by atoms with E-state index in [-0.39, 0.29) is 0 Å². The lowest BCUT2D eigenvalue weighted by atomic mass is 10.2. The second-order valence-corrected chi connectivity index (χ2v) is 6.55. The highest BCUT2D eigenvalue weighted by Gasteiger charge is 2.07. The van der Waals surface area contributed by atoms with Gasteiger partial charge < -0.3 is 25.4 Å². The number of hydrogen-bond donors (Lipinski definition) is 2. The van der Waals surface area contributed by atoms with Crippen LogP contribution in [0.2, 0.25) is 0 Å². The van der Waals surface area contributed by atoms with Crippen molar-refractivity contribution in [3.8, 4) is 11.5 Å². The zero-order valence-electron chi connectivity index (χ0n) is 17.4. The van der Waals surface area contributed by atoms with Crippen LogP contribution in [0.15, 0.2) is 47.5 Å². The van der Waals surface area contributed by atoms with Gasteiger partial charge in [-0.1, -0.05) is 37.6 Å². The van der Waals surface area contributed by atoms with Gasteiger partial charge in [-0.25, -0.2) is 4.99 Å². The highest BCUT2D eigenvalue weighted by atomic mass is 16.5. The summed E-state index contributed by atoms with van der Waals surface area (Å²) >= 11 is 0. The van der Waals surface area contributed by atoms with Crippen LogP contribution in [-0.2, 0) is 6.54 Å². The van der Waals surface area contributed by atoms with Crippen LogP contribution in [0.4, 0.5) is 5.69 Å². The number of rotatable bonds is 10. The van der Waals surface area contributed by atoms with Gasteiger partial charge in [0.05, 0.1) is 13.7 Å². The van der Waals surface area contributed by atoms with Crippen LogP contribution >= 0.6 is 0 Å². The van der Waals surface area contributed by atoms with E-state index >= 15 is 0 Å². The Balaban J connectivity index is 1.93. The Morgan fingerprint density at radius 1 is 1.07 bits per heavy atom. The van der Waals surface area contributed by atoms with Crippen LogP contribution in [0, 0.1) is 6.92 Å². The van der Waals surface area contributed by atoms with Crippen LogP contribution < -0.4 is 20.5 Å². The van der Waals surface area contributed by atoms with Crippen LogP contribution in [0.5, 0.6) is 11.5 Å². The number of ether oxygens (including phenoxy) is 2. The molecule has 0 aliphatic carbocycles. The minimum absolute atomic E-state index is 0.377. The minimum Gasteiger partial charge on any atom is -0.493 e. The summed E-state index contributed by atoms with van der Waals surface area (Å²) in [6, 6.07) is 13.9. The Kier molecular flexibility index (Phi) is 8.62. The third-order valence-electron chi connectivity index (χ3n) is 4.54. The fourth-order valence-corrected chi connectivity index (χ4v) is 2.75. The molecule has 0 aliphatic rings. The van der Waals surface area contributed by atoms with Crippen molar-refractivity contribution in [2.75, 3.05) is 38.7 Å². The van der Waals surface area contributed by atoms with E-state index in [1.807, 2.05) is 49.4 Å². The fraction of sp³-hybridized carbons (Fsp3) is 0.409. The summed E-state index contributed by atoms with van der Waals surface area (Å²) in [4.78, 5) is 6.72. The highest BCUT2D eigenvalue weighted by Crippen LogP contribution is 2.28. The first kappa shape index (κ1) is 21.6. The van der Waals surface area contributed by atoms with Crippen molar-refractivity contribution in [2.45, 2.75) is 27.3 Å². The summed E-state index contributed by atoms with van der Waals surface area (Å²) in [5.74, 6) is 1.83. The largest absolute Gasteiger partial charge is 0.493 e. The number of aliphatic imine (C=N–C) groups is 1. The molecular formula is C22H32N4O2. The number of guanidine groups is 1. The fourth-order valence-electron chi connectivity index (χ4n) is 2.75. The standard InChI is InChI=1S/C22H32N4O2/c1-5-26(6-2)13-14-28-20-12-9-18(15-21(20)27-4)16-24-22(23)25-19-10-7-17(3)8-11-19/h7-12,15H,5-6,13-14,16H2,1-4H3,(H3,23,24,25). The first-order valence-corrected chi connectivity index (χ1v) is 9.71. The zero-order valence-corrected chi connectivity index (χ0v) is 17.4. The molecule has 0 fully saturated rings. The maximum atomic E-state index is 5.99. The van der Waals surface area contributed by atoms with Gasteiger partial charge in [-0.3, -0.25) is 0 Å². The van der Waals surface area contributed by atoms with E-state index in [1.54, 1.807) is 7.11 Å². The molecule has 152 valence electrons. The van der Waals surface area contributed by atoms with Crippen molar-refractivity contribution in [3.05, 3.63) is 53.6 Å². The predicted octanol–water partition coefficient (Wildman–Crippen LogP) is 3.65. The molecule has 0 bridgehead atoms. The molecule has 0 saturated heterocycles. The lowest BCUT2D eigenvalue weighted by molar-refractivity contribution is 0.217. The first-order valence-electron chi connectivity index (χ1n) is 9.71. The maximum Gasteiger partial charge on any atom is 0.193 e. The smallest absolute Gasteiger partial charge is 0.193 e. The van der Waals surface area contributed by atoms with Crippen molar-refractivity contribution >= 4 is 11.6 Å². The second-order valence-electron chi connectivity index (χ2n) is 6.55. The van der Waals surface area contributed by atoms with Crippen molar-refractivity contribution < 1.29 is 9.47 Å². The maximum absolute atomic E-state index is 5.99. The number of anilines is 1. The molecule has 0 unspecified atom stereocenters. The van der Waals surface area contributed by atoms with E-state index in [1.165, 1.54) is 5.56 Å². The molecule has 3 N–H and O–H groups in total. The Hall–Kier alpha value is -2.73. The van der Waals surface area contributed by atoms with Crippen molar-refractivity contribution in [1.82, 2.24) is 4.90 Å². The topological polar surface area (TPSA) is 72.1 Å². The second kappa shape index (κ2) is 11.2. The van der Waals surface area contributed by atoms with E-state index < -0.39 is 0 Å². The van der Waals surface area contributed by atoms with E-state index in [2.05, 4.69) is 29.1 Å². The van der Waals surface area contributed by atoms with Gasteiger partial charge in [0.1, 0.15) is 6.61 Å². The van der Waals surface area contributed by atoms with E-state index in [4.69, 9.17) is 15.2 Å². The summed E-state index contributed by atoms with van der Waals surface area (Å²) in [7, 11) is 1.65. The monoisotopic (exact) mass is 384 g/mol. The lowest BCUT2D eigenvalue weighted by Crippen LogP contribution is -2.27. The Bertz CT molecular complexity index is 756. The molecule has 0 amide bonds. The Morgan fingerprint density at radius 3 is 2.43 bits per heavy atom. The van der Waals surface area contributed by atoms with Crippen molar-refractivity contribution in [1.29, 1.82) is 0 Å². The minimum atomic E-state index is 0.377. The molecule has 0 saturated carbocycles. The van der Waals surface area contributed by atoms with Gasteiger partial charge >= 0.3 is 0 Å². The molecule has 0 aromatic heterocycles. The molecule has 0 atom stereocenters. The number of likely N-dealkylation sites (N-methyl/N-ethyl adjacent to an activating group) is 1. The molecule has 2 rings (SSSR count). The van der Waals surface area contributed by atoms with Crippen LogP contribution in [0.25, 0.3) is 0 Å². The number of hydrogen-bond acceptors (Lipinski definition) is 4. The lowest BCUT2D eigenvalue weighted by Gasteiger charge is -2.18. The quantitative estimate of drug-likeness (QED) is 0.483. The van der Waals surface area contributed by atoms with Gasteiger partial charge in [0.15, 0.2) is 17.5 Å². The van der Waals surface area contributed by atoms with Gasteiger partial charge in [0.25, 0.3) is 0 Å². The molecule has 2 aromatic rings. The van der Waals surface area contributed by atoms with Gasteiger partial charge in [-0.15, -0.1) is 0 Å². The van der Waals surface area contributed by atoms with Gasteiger partial charge in [-0.05, 0) is 49.8 Å². The summed E-state index contributed by atoms with van der Waals surface area (Å²) in [6.45, 7) is 10.4. The summed E-state index contributed by atoms with van der Waals surface area (Å²) < 4.78 is 11.4. The molecule has 2 aromatic carbocycles. The van der Waals surface area contributed by atoms with E-state index in [0.717, 1.165) is 36.6 Å². The van der Waals surface area contributed by atoms with Gasteiger partial charge in [0, 0.05) is 12.2 Å². The van der Waals surface area contributed by atoms with E-state index in [9.17, 15) is 0 Å². The number of nitrogens with zero attached hydrogens (tertiary/aromatic N) is 2. The third-order valence-corrected chi connectivity index (χ3v) is 4.54. The number of nitrogens with one attached hydrogen (secondary N) is 1. The van der Waals surface area contributed by atoms with Gasteiger partial charge in [-0.2, -0.15) is 0 Å². The number of methoxy groups -OCH3 is 1. The van der Waals surface area contributed by atoms with Crippen LogP contribution in [0.1, 0.15) is 25.0 Å².